The molecule has 1 rings (SSSR count). The highest BCUT2D eigenvalue weighted by Crippen LogP contribution is 2.23. The summed E-state index contributed by atoms with van der Waals surface area (Å²) in [7, 11) is 0. The molecule has 0 fully saturated rings. The predicted octanol–water partition coefficient (Wildman–Crippen LogP) is 2.80. The number of nitrogens with zero attached hydrogens (tertiary/aromatic N) is 1. The maximum atomic E-state index is 12.3. The molecule has 0 aromatic heterocycles. The standard InChI is InChI=1S/C15H21NO3S/c1-11-7-5-6-8-12(11)20-10-13(17)16(9-14(18)19)15(2,3)4/h5-8H,9-10H2,1-4H3,(H,18,19). The van der Waals surface area contributed by atoms with Crippen molar-refractivity contribution in [3.8, 4) is 0 Å². The number of rotatable bonds is 5. The zero-order valence-corrected chi connectivity index (χ0v) is 13.2. The van der Waals surface area contributed by atoms with Gasteiger partial charge >= 0.3 is 5.97 Å². The van der Waals surface area contributed by atoms with Crippen molar-refractivity contribution < 1.29 is 14.7 Å². The first-order valence-corrected chi connectivity index (χ1v) is 7.41. The number of carboxylic acid groups (broad SMARTS) is 1. The summed E-state index contributed by atoms with van der Waals surface area (Å²) in [6, 6.07) is 7.84. The fourth-order valence-electron chi connectivity index (χ4n) is 1.77. The van der Waals surface area contributed by atoms with Gasteiger partial charge in [-0.25, -0.2) is 0 Å². The summed E-state index contributed by atoms with van der Waals surface area (Å²) < 4.78 is 0. The van der Waals surface area contributed by atoms with Crippen molar-refractivity contribution in [2.75, 3.05) is 12.3 Å². The molecule has 0 radical (unpaired) electrons. The molecule has 5 heteroatoms. The molecule has 0 heterocycles. The van der Waals surface area contributed by atoms with Crippen LogP contribution in [0.4, 0.5) is 0 Å². The minimum Gasteiger partial charge on any atom is -0.480 e. The summed E-state index contributed by atoms with van der Waals surface area (Å²) in [4.78, 5) is 25.6. The van der Waals surface area contributed by atoms with Crippen LogP contribution in [0.1, 0.15) is 26.3 Å². The highest BCUT2D eigenvalue weighted by atomic mass is 32.2. The predicted molar refractivity (Wildman–Crippen MR) is 81.0 cm³/mol. The molecule has 0 spiro atoms. The zero-order valence-electron chi connectivity index (χ0n) is 12.3. The lowest BCUT2D eigenvalue weighted by atomic mass is 10.1. The summed E-state index contributed by atoms with van der Waals surface area (Å²) in [6.07, 6.45) is 0. The molecule has 0 atom stereocenters. The third-order valence-corrected chi connectivity index (χ3v) is 4.01. The van der Waals surface area contributed by atoms with E-state index < -0.39 is 11.5 Å². The average molecular weight is 295 g/mol. The minimum absolute atomic E-state index is 0.159. The van der Waals surface area contributed by atoms with Crippen molar-refractivity contribution in [3.63, 3.8) is 0 Å². The van der Waals surface area contributed by atoms with Gasteiger partial charge in [-0.2, -0.15) is 0 Å². The van der Waals surface area contributed by atoms with E-state index in [9.17, 15) is 9.59 Å². The number of aryl methyl sites for hydroxylation is 1. The molecule has 110 valence electrons. The summed E-state index contributed by atoms with van der Waals surface area (Å²) in [5, 5.41) is 8.92. The van der Waals surface area contributed by atoms with Gasteiger partial charge in [0.2, 0.25) is 5.91 Å². The number of thioether (sulfide) groups is 1. The lowest BCUT2D eigenvalue weighted by Crippen LogP contribution is -2.49. The van der Waals surface area contributed by atoms with E-state index in [1.165, 1.54) is 16.7 Å². The van der Waals surface area contributed by atoms with E-state index in [4.69, 9.17) is 5.11 Å². The molecule has 0 saturated carbocycles. The zero-order chi connectivity index (χ0) is 15.3. The van der Waals surface area contributed by atoms with Gasteiger partial charge in [0.1, 0.15) is 6.54 Å². The number of carboxylic acids is 1. The molecule has 0 unspecified atom stereocenters. The van der Waals surface area contributed by atoms with E-state index in [1.54, 1.807) is 0 Å². The maximum absolute atomic E-state index is 12.3. The molecule has 1 aromatic carbocycles. The second-order valence-corrected chi connectivity index (χ2v) is 6.62. The molecular formula is C15H21NO3S. The Morgan fingerprint density at radius 1 is 1.25 bits per heavy atom. The molecule has 0 saturated heterocycles. The van der Waals surface area contributed by atoms with E-state index in [-0.39, 0.29) is 18.2 Å². The number of hydrogen-bond donors (Lipinski definition) is 1. The number of amides is 1. The molecule has 1 amide bonds. The first kappa shape index (κ1) is 16.6. The summed E-state index contributed by atoms with van der Waals surface area (Å²) in [5.41, 5.74) is 0.618. The first-order chi connectivity index (χ1) is 9.21. The van der Waals surface area contributed by atoms with Crippen LogP contribution < -0.4 is 0 Å². The number of carbonyl (C=O) groups excluding carboxylic acids is 1. The molecule has 20 heavy (non-hydrogen) atoms. The van der Waals surface area contributed by atoms with Crippen molar-refractivity contribution in [2.24, 2.45) is 0 Å². The van der Waals surface area contributed by atoms with Gasteiger partial charge in [-0.1, -0.05) is 18.2 Å². The third kappa shape index (κ3) is 4.89. The molecule has 4 nitrogen and oxygen atoms in total. The monoisotopic (exact) mass is 295 g/mol. The van der Waals surface area contributed by atoms with Crippen LogP contribution in [-0.2, 0) is 9.59 Å². The van der Waals surface area contributed by atoms with Crippen LogP contribution in [-0.4, -0.2) is 39.7 Å². The fourth-order valence-corrected chi connectivity index (χ4v) is 2.68. The van der Waals surface area contributed by atoms with Gasteiger partial charge in [0.25, 0.3) is 0 Å². The van der Waals surface area contributed by atoms with Crippen molar-refractivity contribution in [1.82, 2.24) is 4.90 Å². The van der Waals surface area contributed by atoms with Crippen LogP contribution in [0.15, 0.2) is 29.2 Å². The van der Waals surface area contributed by atoms with Crippen molar-refractivity contribution in [2.45, 2.75) is 38.1 Å². The van der Waals surface area contributed by atoms with Gasteiger partial charge in [-0.15, -0.1) is 11.8 Å². The Labute approximate surface area is 124 Å². The van der Waals surface area contributed by atoms with Gasteiger partial charge in [-0.3, -0.25) is 9.59 Å². The highest BCUT2D eigenvalue weighted by molar-refractivity contribution is 8.00. The van der Waals surface area contributed by atoms with Crippen molar-refractivity contribution in [1.29, 1.82) is 0 Å². The van der Waals surface area contributed by atoms with Crippen molar-refractivity contribution in [3.05, 3.63) is 29.8 Å². The molecule has 0 bridgehead atoms. The van der Waals surface area contributed by atoms with Gasteiger partial charge in [-0.05, 0) is 39.3 Å². The first-order valence-electron chi connectivity index (χ1n) is 6.42. The summed E-state index contributed by atoms with van der Waals surface area (Å²) in [6.45, 7) is 7.24. The van der Waals surface area contributed by atoms with E-state index >= 15 is 0 Å². The highest BCUT2D eigenvalue weighted by Gasteiger charge is 2.28. The number of benzene rings is 1. The number of aliphatic carboxylic acids is 1. The Morgan fingerprint density at radius 2 is 1.85 bits per heavy atom. The summed E-state index contributed by atoms with van der Waals surface area (Å²) >= 11 is 1.44. The maximum Gasteiger partial charge on any atom is 0.323 e. The van der Waals surface area contributed by atoms with E-state index in [0.29, 0.717) is 0 Å². The van der Waals surface area contributed by atoms with Crippen LogP contribution in [0.2, 0.25) is 0 Å². The van der Waals surface area contributed by atoms with E-state index in [1.807, 2.05) is 52.0 Å². The largest absolute Gasteiger partial charge is 0.480 e. The second-order valence-electron chi connectivity index (χ2n) is 5.60. The fraction of sp³-hybridized carbons (Fsp3) is 0.467. The molecule has 0 aliphatic heterocycles. The van der Waals surface area contributed by atoms with Crippen LogP contribution in [0.25, 0.3) is 0 Å². The van der Waals surface area contributed by atoms with Crippen molar-refractivity contribution >= 4 is 23.6 Å². The molecule has 1 N–H and O–H groups in total. The van der Waals surface area contributed by atoms with Gasteiger partial charge in [0.15, 0.2) is 0 Å². The SMILES string of the molecule is Cc1ccccc1SCC(=O)N(CC(=O)O)C(C)(C)C. The quantitative estimate of drug-likeness (QED) is 0.849. The Bertz CT molecular complexity index is 494. The molecule has 0 aliphatic carbocycles. The molecule has 1 aromatic rings. The minimum atomic E-state index is -0.992. The topological polar surface area (TPSA) is 57.6 Å². The van der Waals surface area contributed by atoms with Gasteiger partial charge < -0.3 is 10.0 Å². The smallest absolute Gasteiger partial charge is 0.323 e. The van der Waals surface area contributed by atoms with Crippen LogP contribution in [0.3, 0.4) is 0 Å². The Balaban J connectivity index is 2.72. The van der Waals surface area contributed by atoms with Crippen LogP contribution in [0, 0.1) is 6.92 Å². The van der Waals surface area contributed by atoms with E-state index in [2.05, 4.69) is 0 Å². The Hall–Kier alpha value is -1.49. The van der Waals surface area contributed by atoms with Crippen LogP contribution >= 0.6 is 11.8 Å². The normalized spacial score (nSPS) is 11.2. The Kier molecular flexibility index (Phi) is 5.62. The van der Waals surface area contributed by atoms with Crippen LogP contribution in [0.5, 0.6) is 0 Å². The molecule has 0 aliphatic rings. The summed E-state index contributed by atoms with van der Waals surface area (Å²) in [5.74, 6) is -0.905. The second kappa shape index (κ2) is 6.79. The lowest BCUT2D eigenvalue weighted by molar-refractivity contribution is -0.146. The number of hydrogen-bond acceptors (Lipinski definition) is 3. The average Bonchev–Trinajstić information content (AvgIpc) is 2.33. The number of carbonyl (C=O) groups is 2. The van der Waals surface area contributed by atoms with Gasteiger partial charge in [0, 0.05) is 10.4 Å². The third-order valence-electron chi connectivity index (χ3n) is 2.85. The van der Waals surface area contributed by atoms with Gasteiger partial charge in [0.05, 0.1) is 5.75 Å². The Morgan fingerprint density at radius 3 is 2.35 bits per heavy atom. The van der Waals surface area contributed by atoms with E-state index in [0.717, 1.165) is 10.5 Å². The molecular weight excluding hydrogens is 274 g/mol. The lowest BCUT2D eigenvalue weighted by Gasteiger charge is -2.34.